The molecule has 2 aliphatic heterocycles. The summed E-state index contributed by atoms with van der Waals surface area (Å²) in [5.41, 5.74) is 0. The summed E-state index contributed by atoms with van der Waals surface area (Å²) in [5.74, 6) is 0. The molecule has 2 rings (SSSR count). The van der Waals surface area contributed by atoms with Crippen molar-refractivity contribution < 1.29 is 22.7 Å². The maximum Gasteiger partial charge on any atom is 0.910 e. The Morgan fingerprint density at radius 3 is 1.60 bits per heavy atom. The molecular weight excluding hydrogens is 294 g/mol. The highest BCUT2D eigenvalue weighted by molar-refractivity contribution is 6.39. The third-order valence-corrected chi connectivity index (χ3v) is 6.31. The molecule has 0 saturated carbocycles. The highest BCUT2D eigenvalue weighted by atomic mass is 27.3. The van der Waals surface area contributed by atoms with E-state index in [0.717, 1.165) is 38.5 Å². The van der Waals surface area contributed by atoms with Gasteiger partial charge in [0.05, 0.1) is 0 Å². The third-order valence-electron chi connectivity index (χ3n) is 3.15. The van der Waals surface area contributed by atoms with Gasteiger partial charge in [0.1, 0.15) is 18.9 Å². The zero-order chi connectivity index (χ0) is 14.4. The van der Waals surface area contributed by atoms with Gasteiger partial charge in [0.15, 0.2) is 0 Å². The summed E-state index contributed by atoms with van der Waals surface area (Å²) in [4.78, 5) is 0. The van der Waals surface area contributed by atoms with Gasteiger partial charge in [-0.05, 0) is 19.3 Å². The summed E-state index contributed by atoms with van der Waals surface area (Å²) in [6.07, 6.45) is 5.29. The molecule has 8 heteroatoms. The Hall–Kier alpha value is 0.825. The molecule has 20 heavy (non-hydrogen) atoms. The Bertz CT molecular complexity index is 247. The van der Waals surface area contributed by atoms with Crippen molar-refractivity contribution in [3.63, 3.8) is 0 Å². The van der Waals surface area contributed by atoms with Gasteiger partial charge in [0.2, 0.25) is 0 Å². The molecule has 6 nitrogen and oxygen atoms in total. The lowest BCUT2D eigenvalue weighted by molar-refractivity contribution is -0.212. The van der Waals surface area contributed by atoms with Crippen molar-refractivity contribution >= 4 is 30.3 Å². The van der Waals surface area contributed by atoms with E-state index in [9.17, 15) is 0 Å². The largest absolute Gasteiger partial charge is 0.910 e. The lowest BCUT2D eigenvalue weighted by atomic mass is 10.3. The van der Waals surface area contributed by atoms with Crippen LogP contribution in [0.3, 0.4) is 0 Å². The summed E-state index contributed by atoms with van der Waals surface area (Å²) in [5, 5.41) is 0. The second kappa shape index (κ2) is 9.07. The molecular formula is C12H24Al2O6. The van der Waals surface area contributed by atoms with Crippen molar-refractivity contribution in [2.45, 2.75) is 78.2 Å². The first-order valence-electron chi connectivity index (χ1n) is 7.67. The van der Waals surface area contributed by atoms with Gasteiger partial charge in [-0.2, -0.15) is 0 Å². The van der Waals surface area contributed by atoms with Crippen molar-refractivity contribution in [3.05, 3.63) is 0 Å². The van der Waals surface area contributed by atoms with Crippen LogP contribution in [0.1, 0.15) is 59.3 Å². The molecule has 0 radical (unpaired) electrons. The van der Waals surface area contributed by atoms with Crippen molar-refractivity contribution in [1.29, 1.82) is 0 Å². The summed E-state index contributed by atoms with van der Waals surface area (Å²) < 4.78 is 33.9. The zero-order valence-electron chi connectivity index (χ0n) is 12.6. The fourth-order valence-corrected chi connectivity index (χ4v) is 4.90. The Kier molecular flexibility index (Phi) is 7.80. The molecule has 0 N–H and O–H groups in total. The quantitative estimate of drug-likeness (QED) is 0.455. The van der Waals surface area contributed by atoms with Crippen molar-refractivity contribution in [2.75, 3.05) is 0 Å². The summed E-state index contributed by atoms with van der Waals surface area (Å²) in [6, 6.07) is 0. The van der Waals surface area contributed by atoms with Crippen molar-refractivity contribution in [3.8, 4) is 0 Å². The van der Waals surface area contributed by atoms with Crippen molar-refractivity contribution in [1.82, 2.24) is 0 Å². The average Bonchev–Trinajstić information content (AvgIpc) is 2.34. The predicted molar refractivity (Wildman–Crippen MR) is 74.1 cm³/mol. The molecule has 0 aliphatic carbocycles. The molecule has 2 heterocycles. The SMILES string of the molecule is CCCC1[O][Al]([O]C(CCC)[O][Al]2[O]C(CCC)[O]2)[O]1. The summed E-state index contributed by atoms with van der Waals surface area (Å²) in [7, 11) is 0. The van der Waals surface area contributed by atoms with Crippen LogP contribution in [0.5, 0.6) is 0 Å². The Labute approximate surface area is 131 Å². The highest BCUT2D eigenvalue weighted by Gasteiger charge is 2.51. The van der Waals surface area contributed by atoms with Gasteiger partial charge in [0.25, 0.3) is 0 Å². The maximum atomic E-state index is 5.75. The van der Waals surface area contributed by atoms with Crippen LogP contribution >= 0.6 is 0 Å². The molecule has 0 atom stereocenters. The number of hydrogen-bond acceptors (Lipinski definition) is 6. The van der Waals surface area contributed by atoms with E-state index in [1.54, 1.807) is 0 Å². The number of hydrogen-bond donors (Lipinski definition) is 0. The molecule has 0 amide bonds. The van der Waals surface area contributed by atoms with Gasteiger partial charge >= 0.3 is 30.3 Å². The first-order chi connectivity index (χ1) is 9.75. The van der Waals surface area contributed by atoms with E-state index in [-0.39, 0.29) is 18.9 Å². The topological polar surface area (TPSA) is 55.4 Å². The normalized spacial score (nSPS) is 20.4. The smallest absolute Gasteiger partial charge is 0.432 e. The molecule has 0 spiro atoms. The second-order valence-corrected chi connectivity index (χ2v) is 7.84. The summed E-state index contributed by atoms with van der Waals surface area (Å²) >= 11 is -3.94. The first-order valence-corrected chi connectivity index (χ1v) is 10.5. The van der Waals surface area contributed by atoms with Crippen LogP contribution in [-0.2, 0) is 22.7 Å². The van der Waals surface area contributed by atoms with Gasteiger partial charge in [-0.25, -0.2) is 0 Å². The minimum absolute atomic E-state index is 0.0682. The molecule has 0 aromatic carbocycles. The van der Waals surface area contributed by atoms with Crippen LogP contribution in [0.15, 0.2) is 0 Å². The van der Waals surface area contributed by atoms with E-state index in [1.807, 2.05) is 0 Å². The third kappa shape index (κ3) is 5.23. The zero-order valence-corrected chi connectivity index (χ0v) is 14.9. The Morgan fingerprint density at radius 1 is 0.800 bits per heavy atom. The Balaban J connectivity index is 1.62. The molecule has 0 unspecified atom stereocenters. The van der Waals surface area contributed by atoms with E-state index in [2.05, 4.69) is 20.8 Å². The monoisotopic (exact) mass is 318 g/mol. The number of rotatable bonds is 10. The molecule has 114 valence electrons. The lowest BCUT2D eigenvalue weighted by Gasteiger charge is -2.37. The molecule has 2 aliphatic rings. The van der Waals surface area contributed by atoms with Gasteiger partial charge in [-0.3, -0.25) is 0 Å². The lowest BCUT2D eigenvalue weighted by Crippen LogP contribution is -2.53. The van der Waals surface area contributed by atoms with Gasteiger partial charge in [0, 0.05) is 0 Å². The maximum absolute atomic E-state index is 5.75. The fourth-order valence-electron chi connectivity index (χ4n) is 2.04. The van der Waals surface area contributed by atoms with Crippen LogP contribution in [-0.4, -0.2) is 49.2 Å². The van der Waals surface area contributed by atoms with Gasteiger partial charge in [-0.15, -0.1) is 0 Å². The molecule has 2 fully saturated rings. The van der Waals surface area contributed by atoms with Crippen LogP contribution in [0.25, 0.3) is 0 Å². The molecule has 0 bridgehead atoms. The van der Waals surface area contributed by atoms with E-state index >= 15 is 0 Å². The van der Waals surface area contributed by atoms with Crippen LogP contribution in [0, 0.1) is 0 Å². The molecule has 0 aromatic heterocycles. The van der Waals surface area contributed by atoms with E-state index in [1.165, 1.54) is 0 Å². The molecule has 2 saturated heterocycles. The van der Waals surface area contributed by atoms with Gasteiger partial charge < -0.3 is 22.7 Å². The Morgan fingerprint density at radius 2 is 1.25 bits per heavy atom. The van der Waals surface area contributed by atoms with Crippen molar-refractivity contribution in [2.24, 2.45) is 0 Å². The first kappa shape index (κ1) is 17.2. The average molecular weight is 318 g/mol. The minimum atomic E-state index is -1.97. The predicted octanol–water partition coefficient (Wildman–Crippen LogP) is 2.46. The fraction of sp³-hybridized carbons (Fsp3) is 1.00. The van der Waals surface area contributed by atoms with Crippen LogP contribution in [0.4, 0.5) is 0 Å². The highest BCUT2D eigenvalue weighted by Crippen LogP contribution is 2.24. The second-order valence-electron chi connectivity index (χ2n) is 5.05. The molecule has 0 aromatic rings. The summed E-state index contributed by atoms with van der Waals surface area (Å²) in [6.45, 7) is 6.30. The standard InChI is InChI=1S/3C4H8O2.2Al/c3*1-2-3-4(5)6;;/h3*4H,2-3H2,1H3;;/q3*-2;2*+3. The minimum Gasteiger partial charge on any atom is -0.432 e. The van der Waals surface area contributed by atoms with E-state index in [0.29, 0.717) is 0 Å². The van der Waals surface area contributed by atoms with Crippen LogP contribution in [0.2, 0.25) is 0 Å². The van der Waals surface area contributed by atoms with Gasteiger partial charge in [-0.1, -0.05) is 40.0 Å². The van der Waals surface area contributed by atoms with E-state index in [4.69, 9.17) is 22.7 Å². The van der Waals surface area contributed by atoms with E-state index < -0.39 is 30.3 Å². The van der Waals surface area contributed by atoms with Crippen LogP contribution < -0.4 is 0 Å².